The van der Waals surface area contributed by atoms with Gasteiger partial charge >= 0.3 is 0 Å². The first kappa shape index (κ1) is 20.8. The van der Waals surface area contributed by atoms with Gasteiger partial charge in [-0.2, -0.15) is 0 Å². The van der Waals surface area contributed by atoms with Crippen LogP contribution < -0.4 is 16.2 Å². The number of nitrogens with zero attached hydrogens (tertiary/aromatic N) is 1. The number of hydrogen-bond donors (Lipinski definition) is 3. The number of carbonyl (C=O) groups is 3. The van der Waals surface area contributed by atoms with E-state index in [1.54, 1.807) is 60.7 Å². The molecule has 0 atom stereocenters. The zero-order chi connectivity index (χ0) is 22.3. The Morgan fingerprint density at radius 3 is 2.41 bits per heavy atom. The normalized spacial score (nSPS) is 10.5. The Balaban J connectivity index is 1.37. The summed E-state index contributed by atoms with van der Waals surface area (Å²) in [5.41, 5.74) is 6.80. The fraction of sp³-hybridized carbons (Fsp3) is 0.0833. The fourth-order valence-corrected chi connectivity index (χ4v) is 3.15. The van der Waals surface area contributed by atoms with Crippen molar-refractivity contribution in [3.05, 3.63) is 90.2 Å². The van der Waals surface area contributed by atoms with Crippen molar-refractivity contribution in [1.29, 1.82) is 0 Å². The standard InChI is InChI=1S/C24H20N4O4/c29-22(12-13-25-23(30)16-7-2-1-3-8-16)27-28-24(31)18-15-20(21-11-6-14-32-21)26-19-10-5-4-9-17(18)19/h1-11,14-15H,12-13H2,(H,25,30)(H,27,29)(H,28,31). The lowest BCUT2D eigenvalue weighted by molar-refractivity contribution is -0.121. The lowest BCUT2D eigenvalue weighted by Crippen LogP contribution is -2.42. The van der Waals surface area contributed by atoms with Crippen molar-refractivity contribution in [2.45, 2.75) is 6.42 Å². The topological polar surface area (TPSA) is 113 Å². The molecule has 3 amide bonds. The minimum atomic E-state index is -0.488. The van der Waals surface area contributed by atoms with Gasteiger partial charge in [0, 0.05) is 23.9 Å². The maximum absolute atomic E-state index is 12.8. The van der Waals surface area contributed by atoms with Gasteiger partial charge in [-0.3, -0.25) is 25.2 Å². The fourth-order valence-electron chi connectivity index (χ4n) is 3.15. The summed E-state index contributed by atoms with van der Waals surface area (Å²) < 4.78 is 5.40. The van der Waals surface area contributed by atoms with E-state index in [0.717, 1.165) is 0 Å². The molecule has 0 spiro atoms. The van der Waals surface area contributed by atoms with Gasteiger partial charge in [0.15, 0.2) is 5.76 Å². The number of hydrogen-bond acceptors (Lipinski definition) is 5. The number of pyridine rings is 1. The van der Waals surface area contributed by atoms with Crippen LogP contribution in [0, 0.1) is 0 Å². The molecule has 160 valence electrons. The molecule has 0 aliphatic heterocycles. The van der Waals surface area contributed by atoms with Gasteiger partial charge in [-0.1, -0.05) is 36.4 Å². The Hall–Kier alpha value is -4.46. The minimum Gasteiger partial charge on any atom is -0.463 e. The highest BCUT2D eigenvalue weighted by Crippen LogP contribution is 2.25. The summed E-state index contributed by atoms with van der Waals surface area (Å²) >= 11 is 0. The van der Waals surface area contributed by atoms with E-state index in [0.29, 0.717) is 33.5 Å². The van der Waals surface area contributed by atoms with Crippen LogP contribution in [0.15, 0.2) is 83.5 Å². The molecular weight excluding hydrogens is 408 g/mol. The maximum Gasteiger partial charge on any atom is 0.270 e. The molecule has 8 nitrogen and oxygen atoms in total. The molecular formula is C24H20N4O4. The van der Waals surface area contributed by atoms with E-state index < -0.39 is 11.8 Å². The van der Waals surface area contributed by atoms with Crippen molar-refractivity contribution in [1.82, 2.24) is 21.2 Å². The van der Waals surface area contributed by atoms with E-state index in [4.69, 9.17) is 4.42 Å². The largest absolute Gasteiger partial charge is 0.463 e. The van der Waals surface area contributed by atoms with Gasteiger partial charge in [0.2, 0.25) is 5.91 Å². The first-order chi connectivity index (χ1) is 15.6. The van der Waals surface area contributed by atoms with Gasteiger partial charge in [-0.25, -0.2) is 4.98 Å². The van der Waals surface area contributed by atoms with Crippen molar-refractivity contribution in [3.63, 3.8) is 0 Å². The molecule has 0 aliphatic rings. The summed E-state index contributed by atoms with van der Waals surface area (Å²) in [5.74, 6) is -0.659. The quantitative estimate of drug-likeness (QED) is 0.409. The third kappa shape index (κ3) is 4.81. The second-order valence-corrected chi connectivity index (χ2v) is 6.92. The molecule has 0 bridgehead atoms. The molecule has 0 fully saturated rings. The Kier molecular flexibility index (Phi) is 6.22. The molecule has 0 saturated heterocycles. The van der Waals surface area contributed by atoms with E-state index in [1.165, 1.54) is 6.26 Å². The van der Waals surface area contributed by atoms with Gasteiger partial charge < -0.3 is 9.73 Å². The van der Waals surface area contributed by atoms with E-state index in [-0.39, 0.29) is 18.9 Å². The summed E-state index contributed by atoms with van der Waals surface area (Å²) in [6.45, 7) is 0.135. The molecule has 2 heterocycles. The number of fused-ring (bicyclic) bond motifs is 1. The molecule has 3 N–H and O–H groups in total. The number of aromatic nitrogens is 1. The molecule has 2 aromatic heterocycles. The Labute approximate surface area is 183 Å². The maximum atomic E-state index is 12.8. The van der Waals surface area contributed by atoms with Crippen LogP contribution in [0.4, 0.5) is 0 Å². The molecule has 4 rings (SSSR count). The Morgan fingerprint density at radius 2 is 1.62 bits per heavy atom. The summed E-state index contributed by atoms with van der Waals surface area (Å²) in [6, 6.07) is 21.0. The molecule has 8 heteroatoms. The van der Waals surface area contributed by atoms with Crippen LogP contribution in [0.1, 0.15) is 27.1 Å². The number of para-hydroxylation sites is 1. The van der Waals surface area contributed by atoms with Crippen molar-refractivity contribution >= 4 is 28.6 Å². The molecule has 0 unspecified atom stereocenters. The van der Waals surface area contributed by atoms with Crippen molar-refractivity contribution < 1.29 is 18.8 Å². The van der Waals surface area contributed by atoms with Crippen LogP contribution in [0.25, 0.3) is 22.4 Å². The van der Waals surface area contributed by atoms with E-state index in [9.17, 15) is 14.4 Å². The highest BCUT2D eigenvalue weighted by atomic mass is 16.3. The van der Waals surface area contributed by atoms with Crippen LogP contribution >= 0.6 is 0 Å². The second kappa shape index (κ2) is 9.57. The third-order valence-corrected chi connectivity index (χ3v) is 4.72. The van der Waals surface area contributed by atoms with Crippen molar-refractivity contribution in [2.24, 2.45) is 0 Å². The van der Waals surface area contributed by atoms with Crippen LogP contribution in [-0.4, -0.2) is 29.3 Å². The van der Waals surface area contributed by atoms with Crippen LogP contribution in [0.2, 0.25) is 0 Å². The minimum absolute atomic E-state index is 0.00753. The molecule has 4 aromatic rings. The summed E-state index contributed by atoms with van der Waals surface area (Å²) in [5, 5.41) is 3.31. The monoisotopic (exact) mass is 428 g/mol. The van der Waals surface area contributed by atoms with E-state index in [2.05, 4.69) is 21.2 Å². The zero-order valence-corrected chi connectivity index (χ0v) is 17.0. The second-order valence-electron chi connectivity index (χ2n) is 6.92. The molecule has 2 aromatic carbocycles. The van der Waals surface area contributed by atoms with Crippen molar-refractivity contribution in [2.75, 3.05) is 6.54 Å². The number of carbonyl (C=O) groups excluding carboxylic acids is 3. The summed E-state index contributed by atoms with van der Waals surface area (Å²) in [6.07, 6.45) is 1.54. The van der Waals surface area contributed by atoms with Gasteiger partial charge in [-0.15, -0.1) is 0 Å². The average molecular weight is 428 g/mol. The summed E-state index contributed by atoms with van der Waals surface area (Å²) in [7, 11) is 0. The third-order valence-electron chi connectivity index (χ3n) is 4.72. The number of benzene rings is 2. The Morgan fingerprint density at radius 1 is 0.844 bits per heavy atom. The molecule has 0 saturated carbocycles. The van der Waals surface area contributed by atoms with Crippen LogP contribution in [-0.2, 0) is 4.79 Å². The first-order valence-electron chi connectivity index (χ1n) is 9.98. The lowest BCUT2D eigenvalue weighted by Gasteiger charge is -2.11. The average Bonchev–Trinajstić information content (AvgIpc) is 3.37. The Bertz CT molecular complexity index is 1250. The number of furan rings is 1. The SMILES string of the molecule is O=C(CCNC(=O)c1ccccc1)NNC(=O)c1cc(-c2ccco2)nc2ccccc12. The zero-order valence-electron chi connectivity index (χ0n) is 17.0. The van der Waals surface area contributed by atoms with E-state index in [1.807, 2.05) is 12.1 Å². The molecule has 0 aliphatic carbocycles. The van der Waals surface area contributed by atoms with Gasteiger partial charge in [-0.05, 0) is 36.4 Å². The van der Waals surface area contributed by atoms with Gasteiger partial charge in [0.25, 0.3) is 11.8 Å². The van der Waals surface area contributed by atoms with Gasteiger partial charge in [0.05, 0.1) is 17.3 Å². The number of rotatable bonds is 6. The highest BCUT2D eigenvalue weighted by Gasteiger charge is 2.15. The van der Waals surface area contributed by atoms with E-state index >= 15 is 0 Å². The number of hydrazine groups is 1. The van der Waals surface area contributed by atoms with Crippen molar-refractivity contribution in [3.8, 4) is 11.5 Å². The lowest BCUT2D eigenvalue weighted by atomic mass is 10.1. The number of amides is 3. The molecule has 32 heavy (non-hydrogen) atoms. The number of nitrogens with one attached hydrogen (secondary N) is 3. The van der Waals surface area contributed by atoms with Gasteiger partial charge in [0.1, 0.15) is 5.69 Å². The smallest absolute Gasteiger partial charge is 0.270 e. The highest BCUT2D eigenvalue weighted by molar-refractivity contribution is 6.07. The predicted octanol–water partition coefficient (Wildman–Crippen LogP) is 3.08. The summed E-state index contributed by atoms with van der Waals surface area (Å²) in [4.78, 5) is 41.4. The predicted molar refractivity (Wildman–Crippen MR) is 118 cm³/mol. The molecule has 0 radical (unpaired) electrons. The van der Waals surface area contributed by atoms with Crippen LogP contribution in [0.5, 0.6) is 0 Å². The van der Waals surface area contributed by atoms with Crippen LogP contribution in [0.3, 0.4) is 0 Å². The first-order valence-corrected chi connectivity index (χ1v) is 9.98.